The largest absolute Gasteiger partial charge is 0.269 e. The van der Waals surface area contributed by atoms with Gasteiger partial charge in [-0.3, -0.25) is 10.1 Å². The number of nitro benzene ring substituents is 1. The molecule has 0 heterocycles. The molecule has 0 saturated carbocycles. The van der Waals surface area contributed by atoms with E-state index in [0.717, 1.165) is 11.1 Å². The van der Waals surface area contributed by atoms with Crippen LogP contribution in [0.5, 0.6) is 0 Å². The first-order valence-corrected chi connectivity index (χ1v) is 5.95. The van der Waals surface area contributed by atoms with Crippen LogP contribution in [0.15, 0.2) is 48.5 Å². The van der Waals surface area contributed by atoms with E-state index in [-0.39, 0.29) is 11.6 Å². The van der Waals surface area contributed by atoms with Crippen molar-refractivity contribution < 1.29 is 4.92 Å². The molecule has 2 rings (SSSR count). The minimum atomic E-state index is -0.395. The lowest BCUT2D eigenvalue weighted by molar-refractivity contribution is -0.384. The number of non-ortho nitro benzene ring substituents is 1. The van der Waals surface area contributed by atoms with Gasteiger partial charge in [0.1, 0.15) is 0 Å². The summed E-state index contributed by atoms with van der Waals surface area (Å²) in [5, 5.41) is 11.3. The molecule has 0 aliphatic carbocycles. The number of halogens is 1. The summed E-state index contributed by atoms with van der Waals surface area (Å²) in [6.45, 7) is 2.05. The summed E-state index contributed by atoms with van der Waals surface area (Å²) in [7, 11) is 0. The Bertz CT molecular complexity index is 566. The quantitative estimate of drug-likeness (QED) is 0.607. The number of hydrogen-bond donors (Lipinski definition) is 0. The first kappa shape index (κ1) is 12.6. The molecule has 0 saturated heterocycles. The van der Waals surface area contributed by atoms with E-state index in [1.807, 2.05) is 31.2 Å². The molecule has 92 valence electrons. The van der Waals surface area contributed by atoms with Gasteiger partial charge in [0.25, 0.3) is 5.69 Å². The Kier molecular flexibility index (Phi) is 3.63. The van der Waals surface area contributed by atoms with Gasteiger partial charge >= 0.3 is 0 Å². The van der Waals surface area contributed by atoms with Crippen molar-refractivity contribution in [2.24, 2.45) is 0 Å². The minimum absolute atomic E-state index is 0.108. The third-order valence-electron chi connectivity index (χ3n) is 2.95. The standard InChI is InChI=1S/C14H12ClNO2/c1-10(12-3-2-4-13(15)9-12)11-5-7-14(8-6-11)16(17)18/h2-10H,1H3. The van der Waals surface area contributed by atoms with Crippen molar-refractivity contribution in [1.29, 1.82) is 0 Å². The zero-order valence-electron chi connectivity index (χ0n) is 9.84. The van der Waals surface area contributed by atoms with Gasteiger partial charge in [-0.1, -0.05) is 42.8 Å². The molecule has 0 radical (unpaired) electrons. The monoisotopic (exact) mass is 261 g/mol. The molecule has 18 heavy (non-hydrogen) atoms. The minimum Gasteiger partial charge on any atom is -0.258 e. The maximum absolute atomic E-state index is 10.6. The average Bonchev–Trinajstić information content (AvgIpc) is 2.38. The summed E-state index contributed by atoms with van der Waals surface area (Å²) >= 11 is 5.95. The van der Waals surface area contributed by atoms with Crippen LogP contribution in [0.25, 0.3) is 0 Å². The number of nitrogens with zero attached hydrogens (tertiary/aromatic N) is 1. The van der Waals surface area contributed by atoms with Crippen LogP contribution in [-0.4, -0.2) is 4.92 Å². The van der Waals surface area contributed by atoms with E-state index < -0.39 is 4.92 Å². The Morgan fingerprint density at radius 1 is 1.11 bits per heavy atom. The molecule has 0 fully saturated rings. The number of hydrogen-bond acceptors (Lipinski definition) is 2. The van der Waals surface area contributed by atoms with Crippen molar-refractivity contribution in [2.45, 2.75) is 12.8 Å². The summed E-state index contributed by atoms with van der Waals surface area (Å²) in [5.74, 6) is 0.157. The normalized spacial score (nSPS) is 12.1. The topological polar surface area (TPSA) is 43.1 Å². The lowest BCUT2D eigenvalue weighted by Gasteiger charge is -2.12. The molecule has 1 unspecified atom stereocenters. The maximum Gasteiger partial charge on any atom is 0.269 e. The molecule has 4 heteroatoms. The van der Waals surface area contributed by atoms with Crippen LogP contribution >= 0.6 is 11.6 Å². The third-order valence-corrected chi connectivity index (χ3v) is 3.19. The molecule has 0 N–H and O–H groups in total. The van der Waals surface area contributed by atoms with E-state index in [1.165, 1.54) is 12.1 Å². The van der Waals surface area contributed by atoms with Gasteiger partial charge in [0.05, 0.1) is 4.92 Å². The number of nitro groups is 1. The highest BCUT2D eigenvalue weighted by Gasteiger charge is 2.11. The van der Waals surface area contributed by atoms with Gasteiger partial charge in [-0.05, 0) is 23.3 Å². The summed E-state index contributed by atoms with van der Waals surface area (Å²) in [4.78, 5) is 10.2. The van der Waals surface area contributed by atoms with E-state index in [2.05, 4.69) is 0 Å². The molecule has 0 bridgehead atoms. The van der Waals surface area contributed by atoms with Gasteiger partial charge in [-0.2, -0.15) is 0 Å². The van der Waals surface area contributed by atoms with Crippen LogP contribution < -0.4 is 0 Å². The van der Waals surface area contributed by atoms with E-state index >= 15 is 0 Å². The molecule has 0 aliphatic heterocycles. The lowest BCUT2D eigenvalue weighted by Crippen LogP contribution is -1.96. The van der Waals surface area contributed by atoms with Crippen molar-refractivity contribution in [3.05, 3.63) is 74.8 Å². The zero-order valence-corrected chi connectivity index (χ0v) is 10.6. The van der Waals surface area contributed by atoms with Crippen molar-refractivity contribution in [1.82, 2.24) is 0 Å². The summed E-state index contributed by atoms with van der Waals surface area (Å²) in [5.41, 5.74) is 2.23. The Balaban J connectivity index is 2.28. The number of benzene rings is 2. The predicted molar refractivity (Wildman–Crippen MR) is 72.1 cm³/mol. The Morgan fingerprint density at radius 3 is 2.33 bits per heavy atom. The summed E-state index contributed by atoms with van der Waals surface area (Å²) < 4.78 is 0. The molecule has 2 aromatic carbocycles. The second-order valence-corrected chi connectivity index (χ2v) is 4.56. The van der Waals surface area contributed by atoms with Gasteiger partial charge in [0.15, 0.2) is 0 Å². The molecule has 0 amide bonds. The van der Waals surface area contributed by atoms with Crippen LogP contribution in [0.2, 0.25) is 5.02 Å². The predicted octanol–water partition coefficient (Wildman–Crippen LogP) is 4.40. The van der Waals surface area contributed by atoms with Crippen molar-refractivity contribution in [3.63, 3.8) is 0 Å². The van der Waals surface area contributed by atoms with Crippen LogP contribution in [-0.2, 0) is 0 Å². The SMILES string of the molecule is CC(c1ccc([N+](=O)[O-])cc1)c1cccc(Cl)c1. The van der Waals surface area contributed by atoms with Gasteiger partial charge in [0, 0.05) is 23.1 Å². The molecule has 0 aromatic heterocycles. The van der Waals surface area contributed by atoms with E-state index in [9.17, 15) is 10.1 Å². The van der Waals surface area contributed by atoms with Gasteiger partial charge in [0.2, 0.25) is 0 Å². The maximum atomic E-state index is 10.6. The fourth-order valence-corrected chi connectivity index (χ4v) is 2.05. The first-order valence-electron chi connectivity index (χ1n) is 5.58. The molecule has 3 nitrogen and oxygen atoms in total. The summed E-state index contributed by atoms with van der Waals surface area (Å²) in [6, 6.07) is 14.2. The lowest BCUT2D eigenvalue weighted by atomic mass is 9.93. The van der Waals surface area contributed by atoms with E-state index in [0.29, 0.717) is 5.02 Å². The third kappa shape index (κ3) is 2.68. The highest BCUT2D eigenvalue weighted by Crippen LogP contribution is 2.27. The van der Waals surface area contributed by atoms with Crippen molar-refractivity contribution >= 4 is 17.3 Å². The Labute approximate surface area is 110 Å². The average molecular weight is 262 g/mol. The molecule has 1 atom stereocenters. The Hall–Kier alpha value is -1.87. The fourth-order valence-electron chi connectivity index (χ4n) is 1.85. The van der Waals surface area contributed by atoms with Crippen molar-refractivity contribution in [2.75, 3.05) is 0 Å². The second-order valence-electron chi connectivity index (χ2n) is 4.13. The second kappa shape index (κ2) is 5.19. The van der Waals surface area contributed by atoms with E-state index in [4.69, 9.17) is 11.6 Å². The van der Waals surface area contributed by atoms with Crippen LogP contribution in [0.4, 0.5) is 5.69 Å². The Morgan fingerprint density at radius 2 is 1.78 bits per heavy atom. The molecule has 0 aliphatic rings. The van der Waals surface area contributed by atoms with Gasteiger partial charge < -0.3 is 0 Å². The van der Waals surface area contributed by atoms with Gasteiger partial charge in [-0.25, -0.2) is 0 Å². The fraction of sp³-hybridized carbons (Fsp3) is 0.143. The number of rotatable bonds is 3. The van der Waals surface area contributed by atoms with Crippen LogP contribution in [0.1, 0.15) is 24.0 Å². The zero-order chi connectivity index (χ0) is 13.1. The molecular weight excluding hydrogens is 250 g/mol. The highest BCUT2D eigenvalue weighted by atomic mass is 35.5. The van der Waals surface area contributed by atoms with Crippen LogP contribution in [0, 0.1) is 10.1 Å². The first-order chi connectivity index (χ1) is 8.58. The van der Waals surface area contributed by atoms with Crippen LogP contribution in [0.3, 0.4) is 0 Å². The molecule has 0 spiro atoms. The smallest absolute Gasteiger partial charge is 0.258 e. The highest BCUT2D eigenvalue weighted by molar-refractivity contribution is 6.30. The van der Waals surface area contributed by atoms with Gasteiger partial charge in [-0.15, -0.1) is 0 Å². The summed E-state index contributed by atoms with van der Waals surface area (Å²) in [6.07, 6.45) is 0. The molecule has 2 aromatic rings. The van der Waals surface area contributed by atoms with E-state index in [1.54, 1.807) is 12.1 Å². The molecular formula is C14H12ClNO2. The van der Waals surface area contributed by atoms with Crippen molar-refractivity contribution in [3.8, 4) is 0 Å².